The lowest BCUT2D eigenvalue weighted by atomic mass is 9.96. The minimum atomic E-state index is -2.55. The summed E-state index contributed by atoms with van der Waals surface area (Å²) in [4.78, 5) is 0. The van der Waals surface area contributed by atoms with Crippen LogP contribution in [0.15, 0.2) is 96.1 Å². The molecule has 0 radical (unpaired) electrons. The summed E-state index contributed by atoms with van der Waals surface area (Å²) < 4.78 is 14.1. The minimum Gasteiger partial charge on any atom is -0.414 e. The van der Waals surface area contributed by atoms with Gasteiger partial charge in [0.1, 0.15) is 0 Å². The fraction of sp³-hybridized carbons (Fsp3) is 0.526. The minimum absolute atomic E-state index is 0.0333. The molecule has 0 amide bonds. The first-order valence-electron chi connectivity index (χ1n) is 16.5. The van der Waals surface area contributed by atoms with E-state index in [1.54, 1.807) is 0 Å². The van der Waals surface area contributed by atoms with Gasteiger partial charge in [-0.25, -0.2) is 0 Å². The van der Waals surface area contributed by atoms with Gasteiger partial charge in [0.05, 0.1) is 13.2 Å². The fourth-order valence-corrected chi connectivity index (χ4v) is 13.6. The molecule has 2 atom stereocenters. The molecule has 43 heavy (non-hydrogen) atoms. The highest BCUT2D eigenvalue weighted by atomic mass is 28.4. The van der Waals surface area contributed by atoms with Crippen molar-refractivity contribution >= 4 is 27.0 Å². The Bertz CT molecular complexity index is 1100. The second-order valence-electron chi connectivity index (χ2n) is 13.1. The van der Waals surface area contributed by atoms with Gasteiger partial charge in [0.15, 0.2) is 8.32 Å². The maximum absolute atomic E-state index is 9.20. The van der Waals surface area contributed by atoms with E-state index < -0.39 is 16.6 Å². The van der Waals surface area contributed by atoms with Gasteiger partial charge in [-0.3, -0.25) is 0 Å². The van der Waals surface area contributed by atoms with Crippen LogP contribution in [0.25, 0.3) is 0 Å². The Balaban J connectivity index is 2.23. The van der Waals surface area contributed by atoms with Gasteiger partial charge in [-0.05, 0) is 72.6 Å². The van der Waals surface area contributed by atoms with E-state index in [2.05, 4.69) is 141 Å². The lowest BCUT2D eigenvalue weighted by Crippen LogP contribution is -2.66. The molecule has 0 aliphatic heterocycles. The SMILES string of the molecule is CC[Si](CC)(CC)OC(CC/C=C(C)/C(C)=C/CO[Si](c1ccccc1)(c1ccccc1)C(C)(C)C)C(C)C/C=C/CO. The highest BCUT2D eigenvalue weighted by Crippen LogP contribution is 2.37. The van der Waals surface area contributed by atoms with Gasteiger partial charge in [0.25, 0.3) is 8.32 Å². The normalized spacial score (nSPS) is 15.2. The van der Waals surface area contributed by atoms with Crippen molar-refractivity contribution < 1.29 is 14.0 Å². The van der Waals surface area contributed by atoms with Crippen LogP contribution in [0.1, 0.15) is 81.6 Å². The van der Waals surface area contributed by atoms with E-state index in [-0.39, 0.29) is 17.7 Å². The molecule has 2 unspecified atom stereocenters. The van der Waals surface area contributed by atoms with Crippen molar-refractivity contribution in [1.29, 1.82) is 0 Å². The summed E-state index contributed by atoms with van der Waals surface area (Å²) in [6.45, 7) is 21.3. The van der Waals surface area contributed by atoms with E-state index in [9.17, 15) is 5.11 Å². The number of hydrogen-bond donors (Lipinski definition) is 1. The molecule has 1 N–H and O–H groups in total. The van der Waals surface area contributed by atoms with Crippen LogP contribution in [0.5, 0.6) is 0 Å². The molecule has 2 rings (SSSR count). The number of allylic oxidation sites excluding steroid dienone is 4. The van der Waals surface area contributed by atoms with Crippen molar-refractivity contribution in [2.75, 3.05) is 13.2 Å². The first-order valence-corrected chi connectivity index (χ1v) is 21.0. The maximum atomic E-state index is 9.20. The van der Waals surface area contributed by atoms with Crippen LogP contribution in [0.4, 0.5) is 0 Å². The molecule has 0 aromatic heterocycles. The van der Waals surface area contributed by atoms with Gasteiger partial charge in [0.2, 0.25) is 0 Å². The third kappa shape index (κ3) is 10.3. The summed E-state index contributed by atoms with van der Waals surface area (Å²) in [5.74, 6) is 0.421. The standard InChI is InChI=1S/C38H60O3Si2/c1-10-42(11-2,12-3)41-37(34(6)22-19-20-30-39)28-21-23-32(4)33(5)29-31-40-43(38(7,8)9,35-24-15-13-16-25-35)36-26-17-14-18-27-36/h13-20,23-27,29,34,37,39H,10-12,21-22,28,30-31H2,1-9H3/b20-19+,32-23+,33-29+. The second kappa shape index (κ2) is 18.1. The van der Waals surface area contributed by atoms with Gasteiger partial charge >= 0.3 is 0 Å². The third-order valence-corrected chi connectivity index (χ3v) is 19.1. The van der Waals surface area contributed by atoms with Gasteiger partial charge in [-0.2, -0.15) is 0 Å². The monoisotopic (exact) mass is 620 g/mol. The molecule has 0 heterocycles. The second-order valence-corrected chi connectivity index (χ2v) is 22.1. The lowest BCUT2D eigenvalue weighted by Gasteiger charge is -2.42. The zero-order valence-corrected chi connectivity index (χ0v) is 30.7. The van der Waals surface area contributed by atoms with Crippen LogP contribution in [-0.2, 0) is 8.85 Å². The molecule has 0 spiro atoms. The molecule has 238 valence electrons. The number of benzene rings is 2. The third-order valence-electron chi connectivity index (χ3n) is 9.38. The first-order chi connectivity index (χ1) is 20.5. The topological polar surface area (TPSA) is 38.7 Å². The molecular weight excluding hydrogens is 561 g/mol. The zero-order chi connectivity index (χ0) is 31.9. The Labute approximate surface area is 266 Å². The fourth-order valence-electron chi connectivity index (χ4n) is 6.16. The van der Waals surface area contributed by atoms with Crippen molar-refractivity contribution in [3.05, 3.63) is 96.1 Å². The summed E-state index contributed by atoms with van der Waals surface area (Å²) >= 11 is 0. The lowest BCUT2D eigenvalue weighted by molar-refractivity contribution is 0.122. The van der Waals surface area contributed by atoms with Crippen LogP contribution < -0.4 is 10.4 Å². The van der Waals surface area contributed by atoms with Crippen LogP contribution >= 0.6 is 0 Å². The van der Waals surface area contributed by atoms with Gasteiger partial charge in [-0.15, -0.1) is 0 Å². The van der Waals surface area contributed by atoms with Crippen LogP contribution in [0, 0.1) is 5.92 Å². The summed E-state index contributed by atoms with van der Waals surface area (Å²) in [6.07, 6.45) is 11.8. The maximum Gasteiger partial charge on any atom is 0.261 e. The molecule has 0 saturated heterocycles. The van der Waals surface area contributed by atoms with Crippen molar-refractivity contribution in [3.8, 4) is 0 Å². The van der Waals surface area contributed by atoms with E-state index >= 15 is 0 Å². The molecule has 0 fully saturated rings. The van der Waals surface area contributed by atoms with Crippen LogP contribution in [0.2, 0.25) is 23.2 Å². The molecule has 0 aliphatic carbocycles. The molecule has 5 heteroatoms. The Morgan fingerprint density at radius 1 is 0.814 bits per heavy atom. The van der Waals surface area contributed by atoms with Crippen molar-refractivity contribution in [3.63, 3.8) is 0 Å². The van der Waals surface area contributed by atoms with Crippen LogP contribution in [-0.4, -0.2) is 41.1 Å². The van der Waals surface area contributed by atoms with Crippen molar-refractivity contribution in [1.82, 2.24) is 0 Å². The number of aliphatic hydroxyl groups excluding tert-OH is 1. The molecule has 0 bridgehead atoms. The predicted octanol–water partition coefficient (Wildman–Crippen LogP) is 9.20. The average Bonchev–Trinajstić information content (AvgIpc) is 3.01. The van der Waals surface area contributed by atoms with Crippen molar-refractivity contribution in [2.45, 2.75) is 111 Å². The number of aliphatic hydroxyl groups is 1. The Morgan fingerprint density at radius 3 is 1.79 bits per heavy atom. The van der Waals surface area contributed by atoms with Gasteiger partial charge in [0, 0.05) is 6.10 Å². The Morgan fingerprint density at radius 2 is 1.33 bits per heavy atom. The Hall–Kier alpha value is -2.03. The molecule has 0 saturated carbocycles. The largest absolute Gasteiger partial charge is 0.414 e. The molecule has 2 aromatic carbocycles. The number of hydrogen-bond acceptors (Lipinski definition) is 3. The molecule has 2 aromatic rings. The first kappa shape index (κ1) is 37.2. The molecule has 3 nitrogen and oxygen atoms in total. The van der Waals surface area contributed by atoms with E-state index in [1.165, 1.54) is 21.5 Å². The highest BCUT2D eigenvalue weighted by molar-refractivity contribution is 6.99. The average molecular weight is 621 g/mol. The van der Waals surface area contributed by atoms with Crippen molar-refractivity contribution in [2.24, 2.45) is 5.92 Å². The van der Waals surface area contributed by atoms with Crippen LogP contribution in [0.3, 0.4) is 0 Å². The molecular formula is C38H60O3Si2. The Kier molecular flexibility index (Phi) is 15.6. The van der Waals surface area contributed by atoms with E-state index in [1.807, 2.05) is 6.08 Å². The van der Waals surface area contributed by atoms with Gasteiger partial charge in [-0.1, -0.05) is 145 Å². The predicted molar refractivity (Wildman–Crippen MR) is 192 cm³/mol. The smallest absolute Gasteiger partial charge is 0.261 e. The quantitative estimate of drug-likeness (QED) is 0.103. The highest BCUT2D eigenvalue weighted by Gasteiger charge is 2.49. The summed E-state index contributed by atoms with van der Waals surface area (Å²) in [5, 5.41) is 11.8. The summed E-state index contributed by atoms with van der Waals surface area (Å²) in [6, 6.07) is 25.2. The van der Waals surface area contributed by atoms with E-state index in [0.29, 0.717) is 12.5 Å². The summed E-state index contributed by atoms with van der Waals surface area (Å²) in [5.41, 5.74) is 2.58. The van der Waals surface area contributed by atoms with E-state index in [0.717, 1.165) is 37.4 Å². The summed E-state index contributed by atoms with van der Waals surface area (Å²) in [7, 11) is -4.27. The number of rotatable bonds is 18. The molecule has 0 aliphatic rings. The van der Waals surface area contributed by atoms with Gasteiger partial charge < -0.3 is 14.0 Å². The zero-order valence-electron chi connectivity index (χ0n) is 28.7. The van der Waals surface area contributed by atoms with E-state index in [4.69, 9.17) is 8.85 Å².